The van der Waals surface area contributed by atoms with Gasteiger partial charge in [0.1, 0.15) is 5.75 Å². The van der Waals surface area contributed by atoms with E-state index in [4.69, 9.17) is 4.74 Å². The fourth-order valence-corrected chi connectivity index (χ4v) is 1.91. The van der Waals surface area contributed by atoms with E-state index in [9.17, 15) is 5.11 Å². The molecule has 1 aliphatic rings. The largest absolute Gasteiger partial charge is 0.508 e. The molecule has 2 N–H and O–H groups in total. The number of hydrogen-bond acceptors (Lipinski definition) is 3. The van der Waals surface area contributed by atoms with Crippen molar-refractivity contribution in [2.45, 2.75) is 6.42 Å². The van der Waals surface area contributed by atoms with Gasteiger partial charge in [0.05, 0.1) is 6.61 Å². The number of phenols is 1. The maximum Gasteiger partial charge on any atom is 0.116 e. The van der Waals surface area contributed by atoms with Crippen LogP contribution in [0.2, 0.25) is 0 Å². The number of rotatable bonds is 2. The van der Waals surface area contributed by atoms with Crippen LogP contribution in [0.15, 0.2) is 18.2 Å². The number of phenolic OH excluding ortho intramolecular Hbond substituents is 1. The van der Waals surface area contributed by atoms with Crippen molar-refractivity contribution in [3.63, 3.8) is 0 Å². The van der Waals surface area contributed by atoms with E-state index in [0.29, 0.717) is 11.7 Å². The molecule has 14 heavy (non-hydrogen) atoms. The summed E-state index contributed by atoms with van der Waals surface area (Å²) in [5, 5.41) is 12.7. The number of anilines is 1. The molecule has 1 atom stereocenters. The number of nitrogens with one attached hydrogen (secondary N) is 1. The SMILES string of the molecule is COCC1CNc2ccc(O)cc2C1. The third-order valence-electron chi connectivity index (χ3n) is 2.58. The normalized spacial score (nSPS) is 19.9. The molecule has 1 heterocycles. The maximum atomic E-state index is 9.35. The zero-order chi connectivity index (χ0) is 9.97. The molecular weight excluding hydrogens is 178 g/mol. The summed E-state index contributed by atoms with van der Waals surface area (Å²) in [6, 6.07) is 5.46. The second-order valence-corrected chi connectivity index (χ2v) is 3.75. The molecule has 1 aliphatic heterocycles. The molecule has 1 aromatic carbocycles. The molecule has 0 saturated carbocycles. The zero-order valence-corrected chi connectivity index (χ0v) is 8.29. The predicted molar refractivity (Wildman–Crippen MR) is 55.7 cm³/mol. The van der Waals surface area contributed by atoms with Crippen molar-refractivity contribution in [3.8, 4) is 5.75 Å². The summed E-state index contributed by atoms with van der Waals surface area (Å²) in [5.74, 6) is 0.845. The quantitative estimate of drug-likeness (QED) is 0.701. The van der Waals surface area contributed by atoms with Crippen LogP contribution < -0.4 is 5.32 Å². The Hall–Kier alpha value is -1.22. The van der Waals surface area contributed by atoms with E-state index in [0.717, 1.165) is 25.3 Å². The van der Waals surface area contributed by atoms with Gasteiger partial charge in [-0.2, -0.15) is 0 Å². The monoisotopic (exact) mass is 193 g/mol. The third kappa shape index (κ3) is 1.82. The fraction of sp³-hybridized carbons (Fsp3) is 0.455. The van der Waals surface area contributed by atoms with Gasteiger partial charge in [0.25, 0.3) is 0 Å². The van der Waals surface area contributed by atoms with Gasteiger partial charge < -0.3 is 15.2 Å². The number of aromatic hydroxyl groups is 1. The van der Waals surface area contributed by atoms with Crippen LogP contribution in [0.3, 0.4) is 0 Å². The third-order valence-corrected chi connectivity index (χ3v) is 2.58. The Kier molecular flexibility index (Phi) is 2.59. The molecule has 1 aromatic rings. The molecule has 0 aliphatic carbocycles. The van der Waals surface area contributed by atoms with Crippen molar-refractivity contribution < 1.29 is 9.84 Å². The van der Waals surface area contributed by atoms with Gasteiger partial charge in [-0.3, -0.25) is 0 Å². The van der Waals surface area contributed by atoms with Crippen LogP contribution in [-0.2, 0) is 11.2 Å². The summed E-state index contributed by atoms with van der Waals surface area (Å²) < 4.78 is 5.12. The molecule has 0 spiro atoms. The van der Waals surface area contributed by atoms with Crippen molar-refractivity contribution in [3.05, 3.63) is 23.8 Å². The topological polar surface area (TPSA) is 41.5 Å². The van der Waals surface area contributed by atoms with Crippen molar-refractivity contribution in [2.75, 3.05) is 25.6 Å². The molecule has 3 heteroatoms. The molecule has 0 saturated heterocycles. The second-order valence-electron chi connectivity index (χ2n) is 3.75. The molecule has 0 amide bonds. The smallest absolute Gasteiger partial charge is 0.116 e. The highest BCUT2D eigenvalue weighted by atomic mass is 16.5. The molecule has 1 unspecified atom stereocenters. The van der Waals surface area contributed by atoms with E-state index >= 15 is 0 Å². The average molecular weight is 193 g/mol. The van der Waals surface area contributed by atoms with Gasteiger partial charge in [-0.05, 0) is 30.2 Å². The Morgan fingerprint density at radius 3 is 3.21 bits per heavy atom. The lowest BCUT2D eigenvalue weighted by molar-refractivity contribution is 0.155. The molecule has 0 fully saturated rings. The molecule has 0 aromatic heterocycles. The van der Waals surface area contributed by atoms with Crippen LogP contribution in [-0.4, -0.2) is 25.4 Å². The number of hydrogen-bond donors (Lipinski definition) is 2. The minimum atomic E-state index is 0.337. The fourth-order valence-electron chi connectivity index (χ4n) is 1.91. The molecule has 3 nitrogen and oxygen atoms in total. The highest BCUT2D eigenvalue weighted by Crippen LogP contribution is 2.27. The summed E-state index contributed by atoms with van der Waals surface area (Å²) in [4.78, 5) is 0. The lowest BCUT2D eigenvalue weighted by atomic mass is 9.94. The second kappa shape index (κ2) is 3.88. The standard InChI is InChI=1S/C11H15NO2/c1-14-7-8-4-9-5-10(13)2-3-11(9)12-6-8/h2-3,5,8,12-13H,4,6-7H2,1H3. The summed E-state index contributed by atoms with van der Waals surface area (Å²) >= 11 is 0. The van der Waals surface area contributed by atoms with Crippen molar-refractivity contribution in [2.24, 2.45) is 5.92 Å². The average Bonchev–Trinajstić information content (AvgIpc) is 2.17. The van der Waals surface area contributed by atoms with E-state index < -0.39 is 0 Å². The van der Waals surface area contributed by atoms with Crippen molar-refractivity contribution >= 4 is 5.69 Å². The first-order valence-electron chi connectivity index (χ1n) is 4.84. The lowest BCUT2D eigenvalue weighted by Gasteiger charge is -2.25. The number of fused-ring (bicyclic) bond motifs is 1. The van der Waals surface area contributed by atoms with E-state index in [1.165, 1.54) is 5.56 Å². The van der Waals surface area contributed by atoms with Crippen LogP contribution in [0.25, 0.3) is 0 Å². The number of ether oxygens (including phenoxy) is 1. The number of methoxy groups -OCH3 is 1. The van der Waals surface area contributed by atoms with E-state index in [2.05, 4.69) is 5.32 Å². The maximum absolute atomic E-state index is 9.35. The Morgan fingerprint density at radius 2 is 2.43 bits per heavy atom. The van der Waals surface area contributed by atoms with Crippen LogP contribution in [0.5, 0.6) is 5.75 Å². The first-order valence-corrected chi connectivity index (χ1v) is 4.84. The summed E-state index contributed by atoms with van der Waals surface area (Å²) in [6.45, 7) is 1.72. The van der Waals surface area contributed by atoms with Gasteiger partial charge in [-0.25, -0.2) is 0 Å². The minimum absolute atomic E-state index is 0.337. The van der Waals surface area contributed by atoms with Crippen molar-refractivity contribution in [1.82, 2.24) is 0 Å². The van der Waals surface area contributed by atoms with Gasteiger partial charge in [0, 0.05) is 25.3 Å². The summed E-state index contributed by atoms with van der Waals surface area (Å²) in [6.07, 6.45) is 0.977. The molecular formula is C11H15NO2. The van der Waals surface area contributed by atoms with Gasteiger partial charge in [0.15, 0.2) is 0 Å². The highest BCUT2D eigenvalue weighted by Gasteiger charge is 2.17. The number of benzene rings is 1. The summed E-state index contributed by atoms with van der Waals surface area (Å²) in [5.41, 5.74) is 2.31. The molecule has 0 radical (unpaired) electrons. The molecule has 76 valence electrons. The highest BCUT2D eigenvalue weighted by molar-refractivity contribution is 5.55. The van der Waals surface area contributed by atoms with Gasteiger partial charge in [-0.1, -0.05) is 0 Å². The van der Waals surface area contributed by atoms with Crippen LogP contribution in [0.4, 0.5) is 5.69 Å². The first-order chi connectivity index (χ1) is 6.79. The molecule has 2 rings (SSSR count). The Morgan fingerprint density at radius 1 is 1.57 bits per heavy atom. The molecule has 0 bridgehead atoms. The van der Waals surface area contributed by atoms with Gasteiger partial charge in [0.2, 0.25) is 0 Å². The van der Waals surface area contributed by atoms with Crippen LogP contribution >= 0.6 is 0 Å². The predicted octanol–water partition coefficient (Wildman–Crippen LogP) is 1.62. The summed E-state index contributed by atoms with van der Waals surface area (Å²) in [7, 11) is 1.72. The van der Waals surface area contributed by atoms with Crippen LogP contribution in [0.1, 0.15) is 5.56 Å². The van der Waals surface area contributed by atoms with E-state index in [1.54, 1.807) is 13.2 Å². The van der Waals surface area contributed by atoms with E-state index in [-0.39, 0.29) is 0 Å². The first kappa shape index (κ1) is 9.34. The Balaban J connectivity index is 2.16. The zero-order valence-electron chi connectivity index (χ0n) is 8.29. The Labute approximate surface area is 83.7 Å². The van der Waals surface area contributed by atoms with Gasteiger partial charge >= 0.3 is 0 Å². The van der Waals surface area contributed by atoms with Crippen LogP contribution in [0, 0.1) is 5.92 Å². The van der Waals surface area contributed by atoms with Gasteiger partial charge in [-0.15, -0.1) is 0 Å². The van der Waals surface area contributed by atoms with Crippen molar-refractivity contribution in [1.29, 1.82) is 0 Å². The minimum Gasteiger partial charge on any atom is -0.508 e. The Bertz CT molecular complexity index is 325. The lowest BCUT2D eigenvalue weighted by Crippen LogP contribution is -2.26. The van der Waals surface area contributed by atoms with E-state index in [1.807, 2.05) is 12.1 Å².